The first kappa shape index (κ1) is 13.0. The molecule has 0 aromatic heterocycles. The number of hydrogen-bond donors (Lipinski definition) is 1. The highest BCUT2D eigenvalue weighted by Gasteiger charge is 2.09. The van der Waals surface area contributed by atoms with E-state index in [1.54, 1.807) is 0 Å². The van der Waals surface area contributed by atoms with Gasteiger partial charge < -0.3 is 5.11 Å². The molecule has 1 unspecified atom stereocenters. The lowest BCUT2D eigenvalue weighted by Crippen LogP contribution is -2.00. The summed E-state index contributed by atoms with van der Waals surface area (Å²) in [6.07, 6.45) is 1.39. The molecule has 1 aromatic rings. The van der Waals surface area contributed by atoms with Crippen LogP contribution in [-0.2, 0) is 0 Å². The normalized spacial score (nSPS) is 13.2. The van der Waals surface area contributed by atoms with E-state index in [1.807, 2.05) is 18.2 Å². The zero-order valence-corrected chi connectivity index (χ0v) is 11.3. The van der Waals surface area contributed by atoms with Gasteiger partial charge in [-0.2, -0.15) is 0 Å². The van der Waals surface area contributed by atoms with E-state index in [0.717, 1.165) is 22.9 Å². The fraction of sp³-hybridized carbons (Fsp3) is 0.500. The molecular formula is C12H16BrClO. The number of rotatable bonds is 4. The third-order valence-corrected chi connectivity index (χ3v) is 2.96. The summed E-state index contributed by atoms with van der Waals surface area (Å²) in [7, 11) is 0. The van der Waals surface area contributed by atoms with Crippen LogP contribution in [0.5, 0.6) is 0 Å². The number of halogens is 2. The van der Waals surface area contributed by atoms with Crippen molar-refractivity contribution in [2.24, 2.45) is 5.92 Å². The summed E-state index contributed by atoms with van der Waals surface area (Å²) in [5.74, 6) is 0.613. The number of benzene rings is 1. The Morgan fingerprint density at radius 1 is 1.27 bits per heavy atom. The second-order valence-electron chi connectivity index (χ2n) is 4.19. The first-order valence-corrected chi connectivity index (χ1v) is 6.30. The van der Waals surface area contributed by atoms with Gasteiger partial charge in [0.1, 0.15) is 0 Å². The van der Waals surface area contributed by atoms with Crippen LogP contribution in [0.2, 0.25) is 5.02 Å². The van der Waals surface area contributed by atoms with Crippen LogP contribution in [-0.4, -0.2) is 5.11 Å². The summed E-state index contributed by atoms with van der Waals surface area (Å²) in [6.45, 7) is 4.31. The van der Waals surface area contributed by atoms with Crippen LogP contribution < -0.4 is 0 Å². The second-order valence-corrected chi connectivity index (χ2v) is 5.54. The largest absolute Gasteiger partial charge is 0.388 e. The van der Waals surface area contributed by atoms with Crippen LogP contribution in [0.4, 0.5) is 0 Å². The predicted molar refractivity (Wildman–Crippen MR) is 68.2 cm³/mol. The maximum absolute atomic E-state index is 9.94. The van der Waals surface area contributed by atoms with Gasteiger partial charge in [0.05, 0.1) is 6.10 Å². The van der Waals surface area contributed by atoms with Crippen molar-refractivity contribution in [3.05, 3.63) is 33.3 Å². The van der Waals surface area contributed by atoms with Crippen LogP contribution in [0, 0.1) is 5.92 Å². The quantitative estimate of drug-likeness (QED) is 0.861. The van der Waals surface area contributed by atoms with Crippen LogP contribution in [0.15, 0.2) is 22.7 Å². The summed E-state index contributed by atoms with van der Waals surface area (Å²) < 4.78 is 0.911. The molecule has 0 fully saturated rings. The Hall–Kier alpha value is -0.0500. The van der Waals surface area contributed by atoms with Gasteiger partial charge in [0.15, 0.2) is 0 Å². The zero-order valence-electron chi connectivity index (χ0n) is 9.00. The van der Waals surface area contributed by atoms with Crippen molar-refractivity contribution >= 4 is 27.5 Å². The number of aliphatic hydroxyl groups excluding tert-OH is 1. The van der Waals surface area contributed by atoms with Crippen LogP contribution in [0.3, 0.4) is 0 Å². The monoisotopic (exact) mass is 290 g/mol. The molecular weight excluding hydrogens is 275 g/mol. The minimum Gasteiger partial charge on any atom is -0.388 e. The molecule has 0 radical (unpaired) electrons. The van der Waals surface area contributed by atoms with Gasteiger partial charge in [-0.1, -0.05) is 41.4 Å². The fourth-order valence-corrected chi connectivity index (χ4v) is 2.31. The Kier molecular flexibility index (Phi) is 5.10. The summed E-state index contributed by atoms with van der Waals surface area (Å²) in [5.41, 5.74) is 0.884. The molecule has 1 nitrogen and oxygen atoms in total. The second kappa shape index (κ2) is 5.88. The minimum atomic E-state index is -0.414. The van der Waals surface area contributed by atoms with E-state index in [0.29, 0.717) is 10.9 Å². The predicted octanol–water partition coefficient (Wildman–Crippen LogP) is 4.57. The third-order valence-electron chi connectivity index (χ3n) is 2.29. The van der Waals surface area contributed by atoms with Crippen molar-refractivity contribution in [1.82, 2.24) is 0 Å². The number of aliphatic hydroxyl groups is 1. The molecule has 1 rings (SSSR count). The Morgan fingerprint density at radius 3 is 2.47 bits per heavy atom. The Bertz CT molecular complexity index is 305. The van der Waals surface area contributed by atoms with E-state index >= 15 is 0 Å². The lowest BCUT2D eigenvalue weighted by molar-refractivity contribution is 0.159. The summed E-state index contributed by atoms with van der Waals surface area (Å²) >= 11 is 9.28. The molecule has 0 aliphatic carbocycles. The lowest BCUT2D eigenvalue weighted by atomic mass is 10.00. The molecule has 1 atom stereocenters. The maximum Gasteiger partial charge on any atom is 0.0791 e. The molecule has 84 valence electrons. The van der Waals surface area contributed by atoms with Gasteiger partial charge in [0, 0.05) is 9.50 Å². The van der Waals surface area contributed by atoms with Crippen molar-refractivity contribution in [2.75, 3.05) is 0 Å². The zero-order chi connectivity index (χ0) is 11.4. The molecule has 0 saturated carbocycles. The summed E-state index contributed by atoms with van der Waals surface area (Å²) in [5, 5.41) is 10.6. The maximum atomic E-state index is 9.94. The molecule has 3 heteroatoms. The topological polar surface area (TPSA) is 20.2 Å². The molecule has 0 heterocycles. The Balaban J connectivity index is 2.68. The molecule has 0 aliphatic heterocycles. The average Bonchev–Trinajstić information content (AvgIpc) is 2.12. The molecule has 0 bridgehead atoms. The van der Waals surface area contributed by atoms with E-state index in [4.69, 9.17) is 11.6 Å². The van der Waals surface area contributed by atoms with E-state index < -0.39 is 6.10 Å². The molecule has 1 aromatic carbocycles. The van der Waals surface area contributed by atoms with Gasteiger partial charge in [-0.3, -0.25) is 0 Å². The van der Waals surface area contributed by atoms with Crippen molar-refractivity contribution in [1.29, 1.82) is 0 Å². The van der Waals surface area contributed by atoms with E-state index in [2.05, 4.69) is 29.8 Å². The van der Waals surface area contributed by atoms with Gasteiger partial charge in [-0.25, -0.2) is 0 Å². The molecule has 0 aliphatic rings. The van der Waals surface area contributed by atoms with Crippen molar-refractivity contribution in [3.63, 3.8) is 0 Å². The number of hydrogen-bond acceptors (Lipinski definition) is 1. The molecule has 0 spiro atoms. The minimum absolute atomic E-state index is 0.414. The fourth-order valence-electron chi connectivity index (χ4n) is 1.43. The van der Waals surface area contributed by atoms with Crippen molar-refractivity contribution in [3.8, 4) is 0 Å². The Labute approximate surface area is 105 Å². The van der Waals surface area contributed by atoms with E-state index in [9.17, 15) is 5.11 Å². The molecule has 15 heavy (non-hydrogen) atoms. The highest BCUT2D eigenvalue weighted by molar-refractivity contribution is 9.10. The third kappa shape index (κ3) is 4.54. The van der Waals surface area contributed by atoms with Gasteiger partial charge >= 0.3 is 0 Å². The average molecular weight is 292 g/mol. The van der Waals surface area contributed by atoms with E-state index in [1.165, 1.54) is 0 Å². The smallest absolute Gasteiger partial charge is 0.0791 e. The van der Waals surface area contributed by atoms with Gasteiger partial charge in [-0.05, 0) is 42.5 Å². The highest BCUT2D eigenvalue weighted by atomic mass is 79.9. The van der Waals surface area contributed by atoms with Gasteiger partial charge in [0.2, 0.25) is 0 Å². The van der Waals surface area contributed by atoms with Crippen LogP contribution in [0.25, 0.3) is 0 Å². The lowest BCUT2D eigenvalue weighted by Gasteiger charge is -2.13. The first-order valence-electron chi connectivity index (χ1n) is 5.13. The van der Waals surface area contributed by atoms with Gasteiger partial charge in [0.25, 0.3) is 0 Å². The summed E-state index contributed by atoms with van der Waals surface area (Å²) in [6, 6.07) is 5.55. The van der Waals surface area contributed by atoms with Crippen LogP contribution >= 0.6 is 27.5 Å². The molecule has 0 saturated heterocycles. The SMILES string of the molecule is CC(C)CCC(O)c1cc(Cl)cc(Br)c1. The Morgan fingerprint density at radius 2 is 1.93 bits per heavy atom. The summed E-state index contributed by atoms with van der Waals surface area (Å²) in [4.78, 5) is 0. The molecule has 1 N–H and O–H groups in total. The highest BCUT2D eigenvalue weighted by Crippen LogP contribution is 2.27. The molecule has 0 amide bonds. The van der Waals surface area contributed by atoms with Gasteiger partial charge in [-0.15, -0.1) is 0 Å². The van der Waals surface area contributed by atoms with E-state index in [-0.39, 0.29) is 0 Å². The van der Waals surface area contributed by atoms with Crippen LogP contribution in [0.1, 0.15) is 38.4 Å². The van der Waals surface area contributed by atoms with Crippen molar-refractivity contribution < 1.29 is 5.11 Å². The van der Waals surface area contributed by atoms with Crippen molar-refractivity contribution in [2.45, 2.75) is 32.8 Å². The first-order chi connectivity index (χ1) is 6.99. The standard InChI is InChI=1S/C12H16BrClO/c1-8(2)3-4-12(15)9-5-10(13)7-11(14)6-9/h5-8,12,15H,3-4H2,1-2H3.